The van der Waals surface area contributed by atoms with Crippen LogP contribution in [0.15, 0.2) is 54.7 Å². The maximum absolute atomic E-state index is 12.5. The number of anilines is 1. The zero-order chi connectivity index (χ0) is 15.1. The van der Waals surface area contributed by atoms with Crippen LogP contribution in [0.5, 0.6) is 0 Å². The average Bonchev–Trinajstić information content (AvgIpc) is 2.54. The molecule has 0 fully saturated rings. The normalized spacial score (nSPS) is 9.50. The molecule has 0 aliphatic rings. The summed E-state index contributed by atoms with van der Waals surface area (Å²) in [5, 5.41) is 0. The van der Waals surface area contributed by atoms with E-state index in [0.29, 0.717) is 5.69 Å². The summed E-state index contributed by atoms with van der Waals surface area (Å²) in [7, 11) is 0. The standard InChI is InChI=1S/C16H16N2O3.ClH/c1-2-21-15(19)12-18(13-8-4-3-5-9-13)16(20)14-10-6-7-11-17-14;/h3-11H,2,12H2,1H3;1H. The highest BCUT2D eigenvalue weighted by Crippen LogP contribution is 2.16. The largest absolute Gasteiger partial charge is 0.465 e. The molecule has 0 saturated heterocycles. The van der Waals surface area contributed by atoms with Gasteiger partial charge in [0.25, 0.3) is 5.91 Å². The Hall–Kier alpha value is -2.40. The van der Waals surface area contributed by atoms with Gasteiger partial charge in [-0.15, -0.1) is 12.4 Å². The lowest BCUT2D eigenvalue weighted by Crippen LogP contribution is -2.37. The summed E-state index contributed by atoms with van der Waals surface area (Å²) in [4.78, 5) is 29.7. The SMILES string of the molecule is CCOC(=O)CN(C(=O)c1ccccn1)c1ccccc1.Cl. The number of hydrogen-bond donors (Lipinski definition) is 0. The molecule has 1 amide bonds. The molecule has 1 aromatic carbocycles. The number of nitrogens with zero attached hydrogens (tertiary/aromatic N) is 2. The molecular weight excluding hydrogens is 304 g/mol. The lowest BCUT2D eigenvalue weighted by atomic mass is 10.2. The van der Waals surface area contributed by atoms with E-state index in [1.54, 1.807) is 55.6 Å². The fraction of sp³-hybridized carbons (Fsp3) is 0.188. The topological polar surface area (TPSA) is 59.5 Å². The van der Waals surface area contributed by atoms with Crippen molar-refractivity contribution in [3.05, 3.63) is 60.4 Å². The summed E-state index contributed by atoms with van der Waals surface area (Å²) in [6.07, 6.45) is 1.54. The summed E-state index contributed by atoms with van der Waals surface area (Å²) in [6.45, 7) is 1.86. The van der Waals surface area contributed by atoms with E-state index in [2.05, 4.69) is 4.98 Å². The first kappa shape index (κ1) is 17.7. The number of rotatable bonds is 5. The first-order valence-electron chi connectivity index (χ1n) is 6.66. The van der Waals surface area contributed by atoms with Gasteiger partial charge in [0.05, 0.1) is 6.61 Å². The fourth-order valence-electron chi connectivity index (χ4n) is 1.85. The van der Waals surface area contributed by atoms with Crippen LogP contribution in [0.25, 0.3) is 0 Å². The van der Waals surface area contributed by atoms with Crippen LogP contribution in [0.4, 0.5) is 5.69 Å². The molecule has 2 aromatic rings. The highest BCUT2D eigenvalue weighted by Gasteiger charge is 2.21. The third-order valence-corrected chi connectivity index (χ3v) is 2.79. The van der Waals surface area contributed by atoms with Gasteiger partial charge in [0, 0.05) is 11.9 Å². The number of benzene rings is 1. The number of carbonyl (C=O) groups is 2. The Kier molecular flexibility index (Phi) is 7.05. The van der Waals surface area contributed by atoms with Gasteiger partial charge in [-0.05, 0) is 31.2 Å². The van der Waals surface area contributed by atoms with Gasteiger partial charge < -0.3 is 4.74 Å². The third kappa shape index (κ3) is 4.56. The van der Waals surface area contributed by atoms with Crippen molar-refractivity contribution < 1.29 is 14.3 Å². The molecule has 0 aliphatic carbocycles. The summed E-state index contributed by atoms with van der Waals surface area (Å²) in [6, 6.07) is 14.1. The van der Waals surface area contributed by atoms with E-state index >= 15 is 0 Å². The van der Waals surface area contributed by atoms with E-state index < -0.39 is 5.97 Å². The predicted molar refractivity (Wildman–Crippen MR) is 86.2 cm³/mol. The second kappa shape index (κ2) is 8.79. The molecule has 0 saturated carbocycles. The van der Waals surface area contributed by atoms with Crippen molar-refractivity contribution in [3.8, 4) is 0 Å². The van der Waals surface area contributed by atoms with E-state index in [9.17, 15) is 9.59 Å². The minimum Gasteiger partial charge on any atom is -0.465 e. The van der Waals surface area contributed by atoms with E-state index in [0.717, 1.165) is 0 Å². The molecule has 1 aromatic heterocycles. The van der Waals surface area contributed by atoms with Crippen LogP contribution >= 0.6 is 12.4 Å². The maximum atomic E-state index is 12.5. The van der Waals surface area contributed by atoms with Gasteiger partial charge in [-0.2, -0.15) is 0 Å². The van der Waals surface area contributed by atoms with Crippen LogP contribution in [0.2, 0.25) is 0 Å². The molecule has 22 heavy (non-hydrogen) atoms. The molecular formula is C16H17ClN2O3. The minimum absolute atomic E-state index is 0. The Bertz CT molecular complexity index is 605. The molecule has 116 valence electrons. The maximum Gasteiger partial charge on any atom is 0.326 e. The first-order valence-corrected chi connectivity index (χ1v) is 6.66. The molecule has 2 rings (SSSR count). The fourth-order valence-corrected chi connectivity index (χ4v) is 1.85. The molecule has 0 spiro atoms. The molecule has 6 heteroatoms. The molecule has 0 N–H and O–H groups in total. The number of amides is 1. The highest BCUT2D eigenvalue weighted by molar-refractivity contribution is 6.07. The van der Waals surface area contributed by atoms with Crippen molar-refractivity contribution in [2.45, 2.75) is 6.92 Å². The van der Waals surface area contributed by atoms with E-state index in [-0.39, 0.29) is 37.2 Å². The molecule has 1 heterocycles. The summed E-state index contributed by atoms with van der Waals surface area (Å²) in [5.41, 5.74) is 0.909. The number of carbonyl (C=O) groups excluding carboxylic acids is 2. The average molecular weight is 321 g/mol. The molecule has 0 aliphatic heterocycles. The molecule has 5 nitrogen and oxygen atoms in total. The Morgan fingerprint density at radius 2 is 1.77 bits per heavy atom. The summed E-state index contributed by atoms with van der Waals surface area (Å²) >= 11 is 0. The van der Waals surface area contributed by atoms with Crippen molar-refractivity contribution in [2.75, 3.05) is 18.1 Å². The third-order valence-electron chi connectivity index (χ3n) is 2.79. The second-order valence-electron chi connectivity index (χ2n) is 4.25. The van der Waals surface area contributed by atoms with E-state index in [1.165, 1.54) is 4.90 Å². The van der Waals surface area contributed by atoms with Gasteiger partial charge in [0.15, 0.2) is 0 Å². The first-order chi connectivity index (χ1) is 10.2. The van der Waals surface area contributed by atoms with Crippen molar-refractivity contribution in [2.24, 2.45) is 0 Å². The van der Waals surface area contributed by atoms with Gasteiger partial charge in [-0.25, -0.2) is 0 Å². The van der Waals surface area contributed by atoms with Crippen LogP contribution < -0.4 is 4.90 Å². The highest BCUT2D eigenvalue weighted by atomic mass is 35.5. The monoisotopic (exact) mass is 320 g/mol. The van der Waals surface area contributed by atoms with Gasteiger partial charge >= 0.3 is 5.97 Å². The molecule has 0 radical (unpaired) electrons. The number of para-hydroxylation sites is 1. The van der Waals surface area contributed by atoms with Crippen molar-refractivity contribution >= 4 is 30.0 Å². The van der Waals surface area contributed by atoms with Gasteiger partial charge in [-0.1, -0.05) is 24.3 Å². The number of aromatic nitrogens is 1. The Morgan fingerprint density at radius 1 is 1.09 bits per heavy atom. The van der Waals surface area contributed by atoms with Crippen LogP contribution in [0.1, 0.15) is 17.4 Å². The second-order valence-corrected chi connectivity index (χ2v) is 4.25. The lowest BCUT2D eigenvalue weighted by molar-refractivity contribution is -0.141. The zero-order valence-electron chi connectivity index (χ0n) is 12.1. The van der Waals surface area contributed by atoms with E-state index in [1.807, 2.05) is 6.07 Å². The number of ether oxygens (including phenoxy) is 1. The Morgan fingerprint density at radius 3 is 2.36 bits per heavy atom. The van der Waals surface area contributed by atoms with Crippen LogP contribution in [-0.2, 0) is 9.53 Å². The Labute approximate surface area is 135 Å². The number of esters is 1. The molecule has 0 bridgehead atoms. The summed E-state index contributed by atoms with van der Waals surface area (Å²) < 4.78 is 4.93. The predicted octanol–water partition coefficient (Wildman–Crippen LogP) is 2.71. The number of pyridine rings is 1. The Balaban J connectivity index is 0.00000242. The van der Waals surface area contributed by atoms with E-state index in [4.69, 9.17) is 4.74 Å². The van der Waals surface area contributed by atoms with Gasteiger partial charge in [0.2, 0.25) is 0 Å². The number of halogens is 1. The van der Waals surface area contributed by atoms with Gasteiger partial charge in [-0.3, -0.25) is 19.5 Å². The van der Waals surface area contributed by atoms with Crippen LogP contribution in [0, 0.1) is 0 Å². The van der Waals surface area contributed by atoms with Crippen molar-refractivity contribution in [1.29, 1.82) is 0 Å². The van der Waals surface area contributed by atoms with Crippen molar-refractivity contribution in [3.63, 3.8) is 0 Å². The quantitative estimate of drug-likeness (QED) is 0.795. The van der Waals surface area contributed by atoms with Crippen LogP contribution in [-0.4, -0.2) is 30.0 Å². The minimum atomic E-state index is -0.453. The smallest absolute Gasteiger partial charge is 0.326 e. The number of hydrogen-bond acceptors (Lipinski definition) is 4. The zero-order valence-corrected chi connectivity index (χ0v) is 13.0. The summed E-state index contributed by atoms with van der Waals surface area (Å²) in [5.74, 6) is -0.791. The molecule has 0 unspecified atom stereocenters. The molecule has 0 atom stereocenters. The van der Waals surface area contributed by atoms with Crippen LogP contribution in [0.3, 0.4) is 0 Å². The lowest BCUT2D eigenvalue weighted by Gasteiger charge is -2.21. The van der Waals surface area contributed by atoms with Crippen molar-refractivity contribution in [1.82, 2.24) is 4.98 Å². The van der Waals surface area contributed by atoms with Gasteiger partial charge in [0.1, 0.15) is 12.2 Å².